The molecule has 0 aliphatic heterocycles. The average molecular weight is 343 g/mol. The van der Waals surface area contributed by atoms with Gasteiger partial charge >= 0.3 is 11.9 Å². The van der Waals surface area contributed by atoms with Crippen molar-refractivity contribution in [2.75, 3.05) is 7.11 Å². The summed E-state index contributed by atoms with van der Waals surface area (Å²) in [6.45, 7) is 3.61. The van der Waals surface area contributed by atoms with Crippen molar-refractivity contribution in [3.05, 3.63) is 29.8 Å². The molecule has 128 valence electrons. The summed E-state index contributed by atoms with van der Waals surface area (Å²) in [5.74, 6) is -1.70. The van der Waals surface area contributed by atoms with Crippen molar-refractivity contribution in [2.24, 2.45) is 5.92 Å². The van der Waals surface area contributed by atoms with Crippen molar-refractivity contribution in [3.8, 4) is 0 Å². The molecule has 0 unspecified atom stereocenters. The number of hydrogen-bond acceptors (Lipinski definition) is 5. The minimum atomic E-state index is -4.00. The first-order valence-electron chi connectivity index (χ1n) is 7.06. The number of methoxy groups -OCH3 is 1. The van der Waals surface area contributed by atoms with Crippen LogP contribution in [0.4, 0.5) is 0 Å². The van der Waals surface area contributed by atoms with Crippen molar-refractivity contribution in [3.63, 3.8) is 0 Å². The zero-order valence-corrected chi connectivity index (χ0v) is 14.1. The van der Waals surface area contributed by atoms with Gasteiger partial charge in [0.2, 0.25) is 10.0 Å². The Morgan fingerprint density at radius 3 is 2.48 bits per heavy atom. The summed E-state index contributed by atoms with van der Waals surface area (Å²) in [5, 5.41) is 9.15. The van der Waals surface area contributed by atoms with Gasteiger partial charge in [-0.1, -0.05) is 26.0 Å². The van der Waals surface area contributed by atoms with Gasteiger partial charge in [0.15, 0.2) is 0 Å². The van der Waals surface area contributed by atoms with Crippen LogP contribution < -0.4 is 4.72 Å². The highest BCUT2D eigenvalue weighted by atomic mass is 32.2. The lowest BCUT2D eigenvalue weighted by atomic mass is 10.1. The maximum atomic E-state index is 12.3. The summed E-state index contributed by atoms with van der Waals surface area (Å²) in [7, 11) is -2.75. The van der Waals surface area contributed by atoms with Crippen LogP contribution in [0.15, 0.2) is 29.2 Å². The molecule has 2 N–H and O–H groups in total. The molecule has 8 heteroatoms. The summed E-state index contributed by atoms with van der Waals surface area (Å²) in [6, 6.07) is 4.55. The molecule has 0 fully saturated rings. The van der Waals surface area contributed by atoms with Crippen LogP contribution in [0.3, 0.4) is 0 Å². The lowest BCUT2D eigenvalue weighted by Crippen LogP contribution is -2.41. The number of carboxylic acid groups (broad SMARTS) is 1. The summed E-state index contributed by atoms with van der Waals surface area (Å²) in [6.07, 6.45) is 0.116. The maximum absolute atomic E-state index is 12.3. The Morgan fingerprint density at radius 1 is 1.30 bits per heavy atom. The highest BCUT2D eigenvalue weighted by Crippen LogP contribution is 2.15. The molecule has 0 aliphatic rings. The molecule has 0 amide bonds. The normalized spacial score (nSPS) is 12.9. The van der Waals surface area contributed by atoms with Gasteiger partial charge in [-0.05, 0) is 30.0 Å². The second-order valence-electron chi connectivity index (χ2n) is 5.54. The molecule has 7 nitrogen and oxygen atoms in total. The van der Waals surface area contributed by atoms with E-state index in [1.54, 1.807) is 19.9 Å². The fourth-order valence-corrected chi connectivity index (χ4v) is 3.26. The van der Waals surface area contributed by atoms with E-state index in [2.05, 4.69) is 9.46 Å². The molecule has 0 aromatic heterocycles. The number of hydrogen-bond donors (Lipinski definition) is 2. The van der Waals surface area contributed by atoms with E-state index in [1.165, 1.54) is 25.3 Å². The van der Waals surface area contributed by atoms with Gasteiger partial charge in [-0.25, -0.2) is 8.42 Å². The number of esters is 1. The highest BCUT2D eigenvalue weighted by Gasteiger charge is 2.26. The Bertz CT molecular complexity index is 668. The number of nitrogens with one attached hydrogen (secondary N) is 1. The Balaban J connectivity index is 3.01. The summed E-state index contributed by atoms with van der Waals surface area (Å²) >= 11 is 0. The van der Waals surface area contributed by atoms with E-state index in [-0.39, 0.29) is 23.7 Å². The van der Waals surface area contributed by atoms with E-state index >= 15 is 0 Å². The van der Waals surface area contributed by atoms with Gasteiger partial charge in [-0.3, -0.25) is 9.59 Å². The van der Waals surface area contributed by atoms with Crippen LogP contribution in [-0.4, -0.2) is 38.6 Å². The average Bonchev–Trinajstić information content (AvgIpc) is 2.46. The molecule has 0 bridgehead atoms. The molecular weight excluding hydrogens is 322 g/mol. The quantitative estimate of drug-likeness (QED) is 0.686. The lowest BCUT2D eigenvalue weighted by Gasteiger charge is -2.17. The van der Waals surface area contributed by atoms with Crippen molar-refractivity contribution in [1.82, 2.24) is 4.72 Å². The maximum Gasteiger partial charge on any atom is 0.321 e. The van der Waals surface area contributed by atoms with E-state index in [4.69, 9.17) is 5.11 Å². The first-order chi connectivity index (χ1) is 10.7. The van der Waals surface area contributed by atoms with Gasteiger partial charge in [-0.15, -0.1) is 0 Å². The molecule has 0 heterocycles. The smallest absolute Gasteiger partial charge is 0.321 e. The summed E-state index contributed by atoms with van der Waals surface area (Å²) < 4.78 is 31.4. The van der Waals surface area contributed by atoms with Gasteiger partial charge in [0, 0.05) is 0 Å². The number of benzene rings is 1. The van der Waals surface area contributed by atoms with Gasteiger partial charge in [0.05, 0.1) is 18.4 Å². The van der Waals surface area contributed by atoms with Crippen molar-refractivity contribution < 1.29 is 27.9 Å². The van der Waals surface area contributed by atoms with Crippen LogP contribution >= 0.6 is 0 Å². The predicted octanol–water partition coefficient (Wildman–Crippen LogP) is 1.18. The molecule has 0 saturated heterocycles. The van der Waals surface area contributed by atoms with Crippen LogP contribution in [-0.2, 0) is 30.8 Å². The van der Waals surface area contributed by atoms with Crippen LogP contribution in [0.2, 0.25) is 0 Å². The van der Waals surface area contributed by atoms with E-state index in [0.717, 1.165) is 0 Å². The SMILES string of the molecule is COC(=O)Cc1cccc(S(=O)(=O)N[C@@H](CC(C)C)C(=O)O)c1. The monoisotopic (exact) mass is 343 g/mol. The topological polar surface area (TPSA) is 110 Å². The Hall–Kier alpha value is -1.93. The van der Waals surface area contributed by atoms with E-state index in [9.17, 15) is 18.0 Å². The van der Waals surface area contributed by atoms with Crippen molar-refractivity contribution >= 4 is 22.0 Å². The zero-order chi connectivity index (χ0) is 17.6. The number of carbonyl (C=O) groups is 2. The largest absolute Gasteiger partial charge is 0.480 e. The molecule has 0 spiro atoms. The molecule has 1 aromatic carbocycles. The number of sulfonamides is 1. The number of carboxylic acids is 1. The first kappa shape index (κ1) is 19.1. The molecule has 1 atom stereocenters. The van der Waals surface area contributed by atoms with Gasteiger partial charge in [0.25, 0.3) is 0 Å². The predicted molar refractivity (Wildman–Crippen MR) is 83.4 cm³/mol. The third-order valence-corrected chi connectivity index (χ3v) is 4.56. The van der Waals surface area contributed by atoms with Crippen LogP contribution in [0, 0.1) is 5.92 Å². The number of aliphatic carboxylic acids is 1. The second kappa shape index (κ2) is 8.07. The fraction of sp³-hybridized carbons (Fsp3) is 0.467. The molecule has 0 radical (unpaired) electrons. The standard InChI is InChI=1S/C15H21NO6S/c1-10(2)7-13(15(18)19)16-23(20,21)12-6-4-5-11(8-12)9-14(17)22-3/h4-6,8,10,13,16H,7,9H2,1-3H3,(H,18,19)/t13-/m0/s1. The molecule has 1 aromatic rings. The first-order valence-corrected chi connectivity index (χ1v) is 8.55. The third-order valence-electron chi connectivity index (χ3n) is 3.09. The lowest BCUT2D eigenvalue weighted by molar-refractivity contribution is -0.140. The number of rotatable bonds is 8. The van der Waals surface area contributed by atoms with E-state index in [0.29, 0.717) is 5.56 Å². The Labute approximate surface area is 135 Å². The molecular formula is C15H21NO6S. The molecule has 1 rings (SSSR count). The van der Waals surface area contributed by atoms with Crippen molar-refractivity contribution in [1.29, 1.82) is 0 Å². The van der Waals surface area contributed by atoms with Gasteiger partial charge < -0.3 is 9.84 Å². The van der Waals surface area contributed by atoms with Crippen LogP contribution in [0.5, 0.6) is 0 Å². The summed E-state index contributed by atoms with van der Waals surface area (Å²) in [4.78, 5) is 22.4. The minimum absolute atomic E-state index is 0.0180. The van der Waals surface area contributed by atoms with Crippen LogP contribution in [0.25, 0.3) is 0 Å². The van der Waals surface area contributed by atoms with Gasteiger partial charge in [-0.2, -0.15) is 4.72 Å². The Kier molecular flexibility index (Phi) is 6.71. The summed E-state index contributed by atoms with van der Waals surface area (Å²) in [5.41, 5.74) is 0.468. The number of carbonyl (C=O) groups excluding carboxylic acids is 1. The zero-order valence-electron chi connectivity index (χ0n) is 13.3. The second-order valence-corrected chi connectivity index (χ2v) is 7.26. The highest BCUT2D eigenvalue weighted by molar-refractivity contribution is 7.89. The van der Waals surface area contributed by atoms with Gasteiger partial charge in [0.1, 0.15) is 6.04 Å². The Morgan fingerprint density at radius 2 is 1.96 bits per heavy atom. The van der Waals surface area contributed by atoms with E-state index < -0.39 is 28.0 Å². The minimum Gasteiger partial charge on any atom is -0.480 e. The molecule has 0 saturated carbocycles. The van der Waals surface area contributed by atoms with Crippen molar-refractivity contribution in [2.45, 2.75) is 37.6 Å². The molecule has 23 heavy (non-hydrogen) atoms. The molecule has 0 aliphatic carbocycles. The fourth-order valence-electron chi connectivity index (χ4n) is 1.99. The third kappa shape index (κ3) is 5.99. The van der Waals surface area contributed by atoms with Crippen LogP contribution in [0.1, 0.15) is 25.8 Å². The number of ether oxygens (including phenoxy) is 1. The van der Waals surface area contributed by atoms with E-state index in [1.807, 2.05) is 0 Å².